The third-order valence-electron chi connectivity index (χ3n) is 3.97. The number of carbonyl (C=O) groups excluding carboxylic acids is 4. The van der Waals surface area contributed by atoms with E-state index in [1.165, 1.54) is 13.8 Å². The molecule has 0 aromatic rings. The van der Waals surface area contributed by atoms with Crippen LogP contribution >= 0.6 is 0 Å². The fourth-order valence-corrected chi connectivity index (χ4v) is 2.48. The molecule has 1 fully saturated rings. The minimum atomic E-state index is -0.981. The zero-order chi connectivity index (χ0) is 23.6. The van der Waals surface area contributed by atoms with Crippen LogP contribution in [0.2, 0.25) is 0 Å². The van der Waals surface area contributed by atoms with Crippen LogP contribution in [0.5, 0.6) is 0 Å². The summed E-state index contributed by atoms with van der Waals surface area (Å²) in [5.41, 5.74) is 4.66. The van der Waals surface area contributed by atoms with Gasteiger partial charge in [0.05, 0.1) is 0 Å². The SMILES string of the molecule is C=CC(=O)O.CC(=O)OCCONC(=O)C1CCC(C(=O)NOCCOC(C)=O)CC1. The number of amides is 2. The van der Waals surface area contributed by atoms with Gasteiger partial charge in [0, 0.05) is 31.8 Å². The van der Waals surface area contributed by atoms with Crippen LogP contribution in [-0.4, -0.2) is 61.3 Å². The Morgan fingerprint density at radius 3 is 1.39 bits per heavy atom. The van der Waals surface area contributed by atoms with E-state index in [-0.39, 0.29) is 50.1 Å². The highest BCUT2D eigenvalue weighted by Gasteiger charge is 2.30. The van der Waals surface area contributed by atoms with Gasteiger partial charge in [0.2, 0.25) is 11.8 Å². The normalized spacial score (nSPS) is 17.2. The number of carbonyl (C=O) groups is 5. The van der Waals surface area contributed by atoms with Crippen molar-refractivity contribution in [2.24, 2.45) is 11.8 Å². The number of carboxylic acid groups (broad SMARTS) is 1. The highest BCUT2D eigenvalue weighted by Crippen LogP contribution is 2.29. The Hall–Kier alpha value is -2.99. The van der Waals surface area contributed by atoms with E-state index in [4.69, 9.17) is 14.8 Å². The van der Waals surface area contributed by atoms with E-state index in [1.54, 1.807) is 0 Å². The van der Waals surface area contributed by atoms with Crippen LogP contribution in [0, 0.1) is 11.8 Å². The molecule has 176 valence electrons. The first-order valence-corrected chi connectivity index (χ1v) is 9.62. The highest BCUT2D eigenvalue weighted by molar-refractivity contribution is 5.80. The number of carboxylic acids is 1. The zero-order valence-corrected chi connectivity index (χ0v) is 17.7. The van der Waals surface area contributed by atoms with E-state index in [1.807, 2.05) is 0 Å². The molecule has 1 rings (SSSR count). The second kappa shape index (κ2) is 16.8. The molecule has 12 heteroatoms. The van der Waals surface area contributed by atoms with Gasteiger partial charge in [0.25, 0.3) is 0 Å². The smallest absolute Gasteiger partial charge is 0.327 e. The van der Waals surface area contributed by atoms with Gasteiger partial charge in [-0.1, -0.05) is 6.58 Å². The first-order chi connectivity index (χ1) is 14.7. The minimum absolute atomic E-state index is 0.0694. The van der Waals surface area contributed by atoms with Crippen LogP contribution in [0.15, 0.2) is 12.7 Å². The van der Waals surface area contributed by atoms with Gasteiger partial charge in [0.1, 0.15) is 26.4 Å². The second-order valence-electron chi connectivity index (χ2n) is 6.40. The summed E-state index contributed by atoms with van der Waals surface area (Å²) in [6.07, 6.45) is 3.07. The van der Waals surface area contributed by atoms with Crippen LogP contribution in [0.25, 0.3) is 0 Å². The summed E-state index contributed by atoms with van der Waals surface area (Å²) in [7, 11) is 0. The Morgan fingerprint density at radius 2 is 1.13 bits per heavy atom. The maximum absolute atomic E-state index is 12.0. The van der Waals surface area contributed by atoms with E-state index >= 15 is 0 Å². The van der Waals surface area contributed by atoms with Gasteiger partial charge in [-0.2, -0.15) is 0 Å². The van der Waals surface area contributed by atoms with Gasteiger partial charge in [-0.25, -0.2) is 15.8 Å². The Bertz CT molecular complexity index is 571. The van der Waals surface area contributed by atoms with Crippen molar-refractivity contribution in [2.45, 2.75) is 39.5 Å². The number of nitrogens with one attached hydrogen (secondary N) is 2. The molecule has 3 N–H and O–H groups in total. The fourth-order valence-electron chi connectivity index (χ4n) is 2.48. The molecule has 0 aromatic carbocycles. The van der Waals surface area contributed by atoms with Gasteiger partial charge >= 0.3 is 17.9 Å². The molecule has 12 nitrogen and oxygen atoms in total. The topological polar surface area (TPSA) is 167 Å². The van der Waals surface area contributed by atoms with Crippen molar-refractivity contribution in [3.8, 4) is 0 Å². The van der Waals surface area contributed by atoms with Crippen LogP contribution < -0.4 is 11.0 Å². The van der Waals surface area contributed by atoms with Crippen molar-refractivity contribution in [2.75, 3.05) is 26.4 Å². The molecule has 0 atom stereocenters. The number of hydrogen-bond acceptors (Lipinski definition) is 9. The van der Waals surface area contributed by atoms with Crippen molar-refractivity contribution in [3.05, 3.63) is 12.7 Å². The van der Waals surface area contributed by atoms with Gasteiger partial charge in [-0.15, -0.1) is 0 Å². The van der Waals surface area contributed by atoms with Crippen molar-refractivity contribution < 1.29 is 48.2 Å². The lowest BCUT2D eigenvalue weighted by Gasteiger charge is -2.26. The minimum Gasteiger partial charge on any atom is -0.478 e. The summed E-state index contributed by atoms with van der Waals surface area (Å²) in [5, 5.41) is 7.60. The molecule has 0 bridgehead atoms. The van der Waals surface area contributed by atoms with Gasteiger partial charge in [-0.05, 0) is 25.7 Å². The predicted molar refractivity (Wildman–Crippen MR) is 105 cm³/mol. The molecule has 2 amide bonds. The summed E-state index contributed by atoms with van der Waals surface area (Å²) in [5.74, 6) is -2.74. The first kappa shape index (κ1) is 28.0. The maximum Gasteiger partial charge on any atom is 0.327 e. The summed E-state index contributed by atoms with van der Waals surface area (Å²) < 4.78 is 9.35. The quantitative estimate of drug-likeness (QED) is 0.173. The Balaban J connectivity index is 0.00000161. The number of aliphatic carboxylic acids is 1. The maximum atomic E-state index is 12.0. The van der Waals surface area contributed by atoms with E-state index in [0.717, 1.165) is 6.08 Å². The van der Waals surface area contributed by atoms with Crippen molar-refractivity contribution >= 4 is 29.7 Å². The van der Waals surface area contributed by atoms with Crippen LogP contribution in [0.4, 0.5) is 0 Å². The van der Waals surface area contributed by atoms with E-state index in [2.05, 4.69) is 27.0 Å². The number of esters is 2. The van der Waals surface area contributed by atoms with E-state index in [9.17, 15) is 24.0 Å². The average molecular weight is 446 g/mol. The second-order valence-corrected chi connectivity index (χ2v) is 6.40. The monoisotopic (exact) mass is 446 g/mol. The molecule has 0 heterocycles. The Labute approximate surface area is 180 Å². The zero-order valence-electron chi connectivity index (χ0n) is 17.7. The number of hydrogen-bond donors (Lipinski definition) is 3. The molecule has 0 saturated heterocycles. The average Bonchev–Trinajstić information content (AvgIpc) is 2.73. The third-order valence-corrected chi connectivity index (χ3v) is 3.97. The van der Waals surface area contributed by atoms with Crippen molar-refractivity contribution in [1.29, 1.82) is 0 Å². The lowest BCUT2D eigenvalue weighted by molar-refractivity contribution is -0.150. The molecule has 0 unspecified atom stereocenters. The Kier molecular flexibility index (Phi) is 15.2. The number of rotatable bonds is 11. The van der Waals surface area contributed by atoms with Crippen molar-refractivity contribution in [3.63, 3.8) is 0 Å². The van der Waals surface area contributed by atoms with E-state index < -0.39 is 17.9 Å². The number of hydroxylamine groups is 2. The first-order valence-electron chi connectivity index (χ1n) is 9.62. The highest BCUT2D eigenvalue weighted by atomic mass is 16.7. The molecule has 0 radical (unpaired) electrons. The van der Waals surface area contributed by atoms with Crippen LogP contribution in [0.1, 0.15) is 39.5 Å². The molecule has 0 spiro atoms. The fraction of sp³-hybridized carbons (Fsp3) is 0.632. The predicted octanol–water partition coefficient (Wildman–Crippen LogP) is 0.272. The molecule has 1 saturated carbocycles. The standard InChI is InChI=1S/C16H26N2O8.C3H4O2/c1-11(19)23-7-9-25-17-15(21)13-3-5-14(6-4-13)16(22)18-26-10-8-24-12(2)20;1-2-3(4)5/h13-14H,3-10H2,1-2H3,(H,17,21)(H,18,22);2H,1H2,(H,4,5). The molecule has 31 heavy (non-hydrogen) atoms. The number of ether oxygens (including phenoxy) is 2. The van der Waals surface area contributed by atoms with Crippen molar-refractivity contribution in [1.82, 2.24) is 11.0 Å². The third kappa shape index (κ3) is 15.5. The summed E-state index contributed by atoms with van der Waals surface area (Å²) in [6.45, 7) is 5.83. The summed E-state index contributed by atoms with van der Waals surface area (Å²) in [6, 6.07) is 0. The van der Waals surface area contributed by atoms with Gasteiger partial charge in [-0.3, -0.25) is 28.9 Å². The molecular weight excluding hydrogens is 416 g/mol. The lowest BCUT2D eigenvalue weighted by Crippen LogP contribution is -2.38. The van der Waals surface area contributed by atoms with Gasteiger partial charge in [0.15, 0.2) is 0 Å². The molecule has 1 aliphatic rings. The van der Waals surface area contributed by atoms with Crippen LogP contribution in [0.3, 0.4) is 0 Å². The van der Waals surface area contributed by atoms with Crippen LogP contribution in [-0.2, 0) is 43.1 Å². The molecule has 0 aromatic heterocycles. The lowest BCUT2D eigenvalue weighted by atomic mass is 9.81. The summed E-state index contributed by atoms with van der Waals surface area (Å²) >= 11 is 0. The molecule has 1 aliphatic carbocycles. The summed E-state index contributed by atoms with van der Waals surface area (Å²) in [4.78, 5) is 64.2. The molecule has 0 aliphatic heterocycles. The van der Waals surface area contributed by atoms with Gasteiger partial charge < -0.3 is 14.6 Å². The Morgan fingerprint density at radius 1 is 0.806 bits per heavy atom. The molecular formula is C19H30N2O10. The largest absolute Gasteiger partial charge is 0.478 e. The van der Waals surface area contributed by atoms with E-state index in [0.29, 0.717) is 25.7 Å².